The predicted octanol–water partition coefficient (Wildman–Crippen LogP) is 2.25. The summed E-state index contributed by atoms with van der Waals surface area (Å²) in [6.07, 6.45) is 0. The molecular formula is C27H34N4O7. The number of para-hydroxylation sites is 2. The fourth-order valence-electron chi connectivity index (χ4n) is 4.79. The van der Waals surface area contributed by atoms with E-state index < -0.39 is 23.8 Å². The molecule has 1 N–H and O–H groups in total. The first-order chi connectivity index (χ1) is 18.4. The van der Waals surface area contributed by atoms with E-state index in [1.54, 1.807) is 26.2 Å². The largest absolute Gasteiger partial charge is 0.495 e. The molecule has 0 aliphatic carbocycles. The molecule has 2 aliphatic heterocycles. The second-order valence-electron chi connectivity index (χ2n) is 8.72. The average molecular weight is 527 g/mol. The van der Waals surface area contributed by atoms with E-state index in [4.69, 9.17) is 28.7 Å². The summed E-state index contributed by atoms with van der Waals surface area (Å²) in [6.45, 7) is 4.47. The maximum atomic E-state index is 13.3. The van der Waals surface area contributed by atoms with Gasteiger partial charge < -0.3 is 33.5 Å². The van der Waals surface area contributed by atoms with E-state index in [1.807, 2.05) is 29.2 Å². The van der Waals surface area contributed by atoms with Gasteiger partial charge in [-0.25, -0.2) is 4.99 Å². The molecule has 2 heterocycles. The van der Waals surface area contributed by atoms with Gasteiger partial charge in [0, 0.05) is 26.2 Å². The smallest absolute Gasteiger partial charge is 0.321 e. The van der Waals surface area contributed by atoms with E-state index in [1.165, 1.54) is 21.3 Å². The van der Waals surface area contributed by atoms with Crippen LogP contribution in [-0.4, -0.2) is 84.0 Å². The van der Waals surface area contributed by atoms with Crippen molar-refractivity contribution in [2.75, 3.05) is 66.1 Å². The molecule has 0 radical (unpaired) electrons. The monoisotopic (exact) mass is 526 g/mol. The topological polar surface area (TPSA) is 111 Å². The molecule has 0 unspecified atom stereocenters. The quantitative estimate of drug-likeness (QED) is 0.409. The molecule has 2 atom stereocenters. The predicted molar refractivity (Wildman–Crippen MR) is 141 cm³/mol. The number of guanidine groups is 1. The normalized spacial score (nSPS) is 19.3. The summed E-state index contributed by atoms with van der Waals surface area (Å²) in [5.41, 5.74) is 1.58. The Morgan fingerprint density at radius 1 is 0.921 bits per heavy atom. The molecule has 2 aromatic rings. The number of esters is 1. The zero-order valence-corrected chi connectivity index (χ0v) is 22.4. The number of benzene rings is 2. The van der Waals surface area contributed by atoms with Crippen LogP contribution in [0.15, 0.2) is 41.4 Å². The van der Waals surface area contributed by atoms with Crippen molar-refractivity contribution in [1.29, 1.82) is 0 Å². The van der Waals surface area contributed by atoms with Gasteiger partial charge in [-0.3, -0.25) is 14.9 Å². The first-order valence-corrected chi connectivity index (χ1v) is 12.4. The van der Waals surface area contributed by atoms with Crippen molar-refractivity contribution in [3.8, 4) is 23.0 Å². The zero-order valence-electron chi connectivity index (χ0n) is 22.4. The van der Waals surface area contributed by atoms with Crippen molar-refractivity contribution in [2.45, 2.75) is 13.0 Å². The van der Waals surface area contributed by atoms with Gasteiger partial charge >= 0.3 is 5.97 Å². The number of carbonyl (C=O) groups is 2. The average Bonchev–Trinajstić information content (AvgIpc) is 2.95. The van der Waals surface area contributed by atoms with Crippen molar-refractivity contribution in [3.05, 3.63) is 42.0 Å². The van der Waals surface area contributed by atoms with Gasteiger partial charge in [-0.15, -0.1) is 0 Å². The molecule has 0 spiro atoms. The maximum absolute atomic E-state index is 13.3. The number of hydrogen-bond donors (Lipinski definition) is 1. The lowest BCUT2D eigenvalue weighted by Crippen LogP contribution is -2.57. The van der Waals surface area contributed by atoms with Crippen LogP contribution in [0.5, 0.6) is 23.0 Å². The number of amides is 1. The SMILES string of the molecule is CCOC(=O)[C@H]1C(=O)NC(N2CCN(c3ccccc3OC)CC2)=N[C@H]1c1cc(OC)c(OC)c(OC)c1. The summed E-state index contributed by atoms with van der Waals surface area (Å²) in [7, 11) is 6.18. The molecule has 11 nitrogen and oxygen atoms in total. The van der Waals surface area contributed by atoms with E-state index in [-0.39, 0.29) is 6.61 Å². The number of aliphatic imine (C=N–C) groups is 1. The number of methoxy groups -OCH3 is 4. The van der Waals surface area contributed by atoms with Crippen LogP contribution in [-0.2, 0) is 14.3 Å². The Hall–Kier alpha value is -4.15. The van der Waals surface area contributed by atoms with Crippen LogP contribution in [0.2, 0.25) is 0 Å². The van der Waals surface area contributed by atoms with Crippen LogP contribution >= 0.6 is 0 Å². The molecule has 204 valence electrons. The Bertz CT molecular complexity index is 1170. The second-order valence-corrected chi connectivity index (χ2v) is 8.72. The highest BCUT2D eigenvalue weighted by atomic mass is 16.5. The number of rotatable bonds is 8. The van der Waals surface area contributed by atoms with Crippen LogP contribution in [0.3, 0.4) is 0 Å². The fourth-order valence-corrected chi connectivity index (χ4v) is 4.79. The third kappa shape index (κ3) is 5.27. The van der Waals surface area contributed by atoms with Gasteiger partial charge in [0.05, 0.1) is 40.7 Å². The molecule has 1 fully saturated rings. The molecule has 1 amide bonds. The number of carbonyl (C=O) groups excluding carboxylic acids is 2. The Kier molecular flexibility index (Phi) is 8.45. The van der Waals surface area contributed by atoms with Gasteiger partial charge in [0.15, 0.2) is 17.4 Å². The van der Waals surface area contributed by atoms with Crippen LogP contribution in [0.25, 0.3) is 0 Å². The van der Waals surface area contributed by atoms with E-state index in [0.717, 1.165) is 11.4 Å². The lowest BCUT2D eigenvalue weighted by Gasteiger charge is -2.40. The molecule has 2 aromatic carbocycles. The molecule has 0 saturated carbocycles. The van der Waals surface area contributed by atoms with Gasteiger partial charge in [0.1, 0.15) is 11.8 Å². The third-order valence-corrected chi connectivity index (χ3v) is 6.67. The highest BCUT2D eigenvalue weighted by Crippen LogP contribution is 2.42. The summed E-state index contributed by atoms with van der Waals surface area (Å²) in [5.74, 6) is 0.139. The highest BCUT2D eigenvalue weighted by molar-refractivity contribution is 6.08. The van der Waals surface area contributed by atoms with Crippen molar-refractivity contribution in [1.82, 2.24) is 10.2 Å². The van der Waals surface area contributed by atoms with Crippen LogP contribution in [0.4, 0.5) is 5.69 Å². The molecule has 2 aliphatic rings. The van der Waals surface area contributed by atoms with Gasteiger partial charge in [-0.05, 0) is 36.8 Å². The number of piperazine rings is 1. The number of ether oxygens (including phenoxy) is 5. The molecule has 11 heteroatoms. The first-order valence-electron chi connectivity index (χ1n) is 12.4. The van der Waals surface area contributed by atoms with Gasteiger partial charge in [-0.2, -0.15) is 0 Å². The third-order valence-electron chi connectivity index (χ3n) is 6.67. The Labute approximate surface area is 222 Å². The van der Waals surface area contributed by atoms with Crippen molar-refractivity contribution in [2.24, 2.45) is 10.9 Å². The second kappa shape index (κ2) is 11.9. The van der Waals surface area contributed by atoms with Gasteiger partial charge in [0.25, 0.3) is 0 Å². The van der Waals surface area contributed by atoms with Crippen molar-refractivity contribution >= 4 is 23.5 Å². The molecule has 4 rings (SSSR count). The number of anilines is 1. The Morgan fingerprint density at radius 3 is 2.11 bits per heavy atom. The summed E-state index contributed by atoms with van der Waals surface area (Å²) in [5, 5.41) is 2.84. The van der Waals surface area contributed by atoms with E-state index in [9.17, 15) is 9.59 Å². The summed E-state index contributed by atoms with van der Waals surface area (Å²) in [6, 6.07) is 10.4. The summed E-state index contributed by atoms with van der Waals surface area (Å²) >= 11 is 0. The lowest BCUT2D eigenvalue weighted by atomic mass is 9.90. The Balaban J connectivity index is 1.66. The first kappa shape index (κ1) is 26.9. The minimum Gasteiger partial charge on any atom is -0.495 e. The maximum Gasteiger partial charge on any atom is 0.321 e. The van der Waals surface area contributed by atoms with Crippen LogP contribution in [0, 0.1) is 5.92 Å². The number of nitrogens with one attached hydrogen (secondary N) is 1. The fraction of sp³-hybridized carbons (Fsp3) is 0.444. The molecule has 0 aromatic heterocycles. The zero-order chi connectivity index (χ0) is 27.2. The minimum atomic E-state index is -1.17. The standard InChI is InChI=1S/C27H34N4O7/c1-6-38-26(33)22-23(17-15-20(35-3)24(37-5)21(16-17)36-4)28-27(29-25(22)32)31-13-11-30(12-14-31)18-9-7-8-10-19(18)34-2/h7-10,15-16,22-23H,6,11-14H2,1-5H3,(H,28,29,32)/t22-,23+/m1/s1. The van der Waals surface area contributed by atoms with E-state index in [2.05, 4.69) is 10.2 Å². The van der Waals surface area contributed by atoms with E-state index in [0.29, 0.717) is 55.0 Å². The van der Waals surface area contributed by atoms with Crippen LogP contribution in [0.1, 0.15) is 18.5 Å². The van der Waals surface area contributed by atoms with Gasteiger partial charge in [0.2, 0.25) is 17.6 Å². The minimum absolute atomic E-state index is 0.145. The summed E-state index contributed by atoms with van der Waals surface area (Å²) in [4.78, 5) is 35.3. The highest BCUT2D eigenvalue weighted by Gasteiger charge is 2.43. The molecule has 0 bridgehead atoms. The number of hydrogen-bond acceptors (Lipinski definition) is 10. The van der Waals surface area contributed by atoms with Crippen LogP contribution < -0.4 is 29.2 Å². The molecule has 38 heavy (non-hydrogen) atoms. The molecule has 1 saturated heterocycles. The number of nitrogens with zero attached hydrogens (tertiary/aromatic N) is 3. The Morgan fingerprint density at radius 2 is 1.53 bits per heavy atom. The van der Waals surface area contributed by atoms with Crippen molar-refractivity contribution < 1.29 is 33.3 Å². The van der Waals surface area contributed by atoms with E-state index >= 15 is 0 Å². The van der Waals surface area contributed by atoms with Crippen molar-refractivity contribution in [3.63, 3.8) is 0 Å². The lowest BCUT2D eigenvalue weighted by molar-refractivity contribution is -0.153. The summed E-state index contributed by atoms with van der Waals surface area (Å²) < 4.78 is 27.2. The van der Waals surface area contributed by atoms with Gasteiger partial charge in [-0.1, -0.05) is 12.1 Å². The molecular weight excluding hydrogens is 492 g/mol.